The van der Waals surface area contributed by atoms with Crippen molar-refractivity contribution in [2.75, 3.05) is 32.1 Å². The summed E-state index contributed by atoms with van der Waals surface area (Å²) in [7, 11) is 3.95. The molecule has 0 spiro atoms. The molecule has 0 aliphatic heterocycles. The van der Waals surface area contributed by atoms with Gasteiger partial charge in [-0.25, -0.2) is 4.98 Å². The van der Waals surface area contributed by atoms with Gasteiger partial charge in [-0.1, -0.05) is 40.6 Å². The molecule has 4 nitrogen and oxygen atoms in total. The average Bonchev–Trinajstić information content (AvgIpc) is 3.10. The number of anilines is 1. The molecule has 2 heterocycles. The molecule has 0 bridgehead atoms. The maximum atomic E-state index is 13.2. The number of halogens is 3. The third kappa shape index (κ3) is 4.94. The zero-order chi connectivity index (χ0) is 19.0. The van der Waals surface area contributed by atoms with Crippen molar-refractivity contribution in [3.63, 3.8) is 0 Å². The van der Waals surface area contributed by atoms with Gasteiger partial charge in [-0.3, -0.25) is 9.69 Å². The maximum Gasteiger partial charge on any atom is 0.262 e. The number of hydrogen-bond acceptors (Lipinski definition) is 5. The van der Waals surface area contributed by atoms with Gasteiger partial charge in [0.05, 0.1) is 20.1 Å². The quantitative estimate of drug-likeness (QED) is 0.471. The van der Waals surface area contributed by atoms with E-state index >= 15 is 0 Å². The molecule has 27 heavy (non-hydrogen) atoms. The number of rotatable bonds is 5. The lowest BCUT2D eigenvalue weighted by Crippen LogP contribution is -2.36. The number of aryl methyl sites for hydroxylation is 2. The van der Waals surface area contributed by atoms with Crippen molar-refractivity contribution in [2.45, 2.75) is 13.8 Å². The highest BCUT2D eigenvalue weighted by molar-refractivity contribution is 7.22. The van der Waals surface area contributed by atoms with Gasteiger partial charge < -0.3 is 4.90 Å². The molecule has 2 aromatic heterocycles. The normalized spacial score (nSPS) is 11.1. The van der Waals surface area contributed by atoms with Crippen LogP contribution in [-0.4, -0.2) is 43.0 Å². The Labute approximate surface area is 183 Å². The van der Waals surface area contributed by atoms with Gasteiger partial charge in [0.25, 0.3) is 5.91 Å². The van der Waals surface area contributed by atoms with Crippen LogP contribution in [0.5, 0.6) is 0 Å². The molecule has 1 aromatic carbocycles. The van der Waals surface area contributed by atoms with Gasteiger partial charge in [0.1, 0.15) is 4.34 Å². The van der Waals surface area contributed by atoms with Crippen molar-refractivity contribution in [3.8, 4) is 0 Å². The monoisotopic (exact) mass is 463 g/mol. The van der Waals surface area contributed by atoms with Crippen molar-refractivity contribution >= 4 is 79.5 Å². The number of nitrogens with zero attached hydrogens (tertiary/aromatic N) is 3. The molecule has 0 aliphatic carbocycles. The Morgan fingerprint density at radius 3 is 2.41 bits per heavy atom. The van der Waals surface area contributed by atoms with E-state index in [2.05, 4.69) is 13.0 Å². The summed E-state index contributed by atoms with van der Waals surface area (Å²) in [4.78, 5) is 21.6. The first kappa shape index (κ1) is 22.4. The SMILES string of the molecule is Cc1cc(C)c2sc(N(CCN(C)C)C(=O)c3cc(Cl)sc3Cl)nc2c1.Cl. The van der Waals surface area contributed by atoms with Crippen molar-refractivity contribution in [2.24, 2.45) is 0 Å². The van der Waals surface area contributed by atoms with Crippen LogP contribution in [0, 0.1) is 13.8 Å². The molecule has 0 N–H and O–H groups in total. The summed E-state index contributed by atoms with van der Waals surface area (Å²) >= 11 is 15.0. The Bertz CT molecular complexity index is 968. The van der Waals surface area contributed by atoms with Crippen LogP contribution < -0.4 is 4.90 Å². The lowest BCUT2D eigenvalue weighted by molar-refractivity contribution is 0.0986. The first-order valence-corrected chi connectivity index (χ1v) is 10.4. The van der Waals surface area contributed by atoms with Crippen molar-refractivity contribution in [1.29, 1.82) is 0 Å². The summed E-state index contributed by atoms with van der Waals surface area (Å²) in [5, 5.41) is 0.680. The first-order valence-electron chi connectivity index (χ1n) is 8.05. The smallest absolute Gasteiger partial charge is 0.262 e. The number of thiophene rings is 1. The fraction of sp³-hybridized carbons (Fsp3) is 0.333. The van der Waals surface area contributed by atoms with E-state index < -0.39 is 0 Å². The molecule has 0 atom stereocenters. The van der Waals surface area contributed by atoms with E-state index in [1.165, 1.54) is 28.2 Å². The highest BCUT2D eigenvalue weighted by atomic mass is 35.5. The van der Waals surface area contributed by atoms with Gasteiger partial charge in [-0.05, 0) is 51.2 Å². The van der Waals surface area contributed by atoms with E-state index in [0.29, 0.717) is 25.9 Å². The summed E-state index contributed by atoms with van der Waals surface area (Å²) in [6, 6.07) is 5.80. The van der Waals surface area contributed by atoms with Crippen LogP contribution in [0.3, 0.4) is 0 Å². The van der Waals surface area contributed by atoms with Crippen LogP contribution >= 0.6 is 58.3 Å². The minimum Gasteiger partial charge on any atom is -0.308 e. The molecule has 0 fully saturated rings. The Morgan fingerprint density at radius 1 is 1.11 bits per heavy atom. The van der Waals surface area contributed by atoms with Crippen LogP contribution in [-0.2, 0) is 0 Å². The first-order chi connectivity index (χ1) is 12.3. The third-order valence-corrected chi connectivity index (χ3v) is 6.66. The van der Waals surface area contributed by atoms with E-state index in [-0.39, 0.29) is 18.3 Å². The van der Waals surface area contributed by atoms with Crippen LogP contribution in [0.2, 0.25) is 8.67 Å². The lowest BCUT2D eigenvalue weighted by Gasteiger charge is -2.21. The number of carbonyl (C=O) groups is 1. The summed E-state index contributed by atoms with van der Waals surface area (Å²) in [6.45, 7) is 5.36. The number of amides is 1. The minimum absolute atomic E-state index is 0. The largest absolute Gasteiger partial charge is 0.308 e. The van der Waals surface area contributed by atoms with Gasteiger partial charge in [-0.2, -0.15) is 0 Å². The molecular weight excluding hydrogens is 445 g/mol. The van der Waals surface area contributed by atoms with Crippen LogP contribution in [0.15, 0.2) is 18.2 Å². The highest BCUT2D eigenvalue weighted by Crippen LogP contribution is 2.36. The highest BCUT2D eigenvalue weighted by Gasteiger charge is 2.25. The number of aromatic nitrogens is 1. The topological polar surface area (TPSA) is 36.4 Å². The second-order valence-corrected chi connectivity index (χ2v) is 9.69. The predicted molar refractivity (Wildman–Crippen MR) is 121 cm³/mol. The van der Waals surface area contributed by atoms with E-state index in [4.69, 9.17) is 28.2 Å². The Balaban J connectivity index is 0.00000261. The summed E-state index contributed by atoms with van der Waals surface area (Å²) in [5.74, 6) is -0.173. The maximum absolute atomic E-state index is 13.2. The third-order valence-electron chi connectivity index (χ3n) is 3.94. The zero-order valence-corrected chi connectivity index (χ0v) is 19.3. The number of hydrogen-bond donors (Lipinski definition) is 0. The lowest BCUT2D eigenvalue weighted by atomic mass is 10.1. The molecule has 1 amide bonds. The molecule has 3 rings (SSSR count). The average molecular weight is 465 g/mol. The second kappa shape index (κ2) is 9.07. The van der Waals surface area contributed by atoms with Gasteiger partial charge >= 0.3 is 0 Å². The number of thiazole rings is 1. The second-order valence-electron chi connectivity index (χ2n) is 6.42. The number of fused-ring (bicyclic) bond motifs is 1. The van der Waals surface area contributed by atoms with Crippen molar-refractivity contribution in [3.05, 3.63) is 43.6 Å². The van der Waals surface area contributed by atoms with Crippen molar-refractivity contribution in [1.82, 2.24) is 9.88 Å². The molecule has 0 unspecified atom stereocenters. The molecule has 146 valence electrons. The van der Waals surface area contributed by atoms with E-state index in [1.807, 2.05) is 32.0 Å². The van der Waals surface area contributed by atoms with E-state index in [9.17, 15) is 4.79 Å². The molecule has 3 aromatic rings. The van der Waals surface area contributed by atoms with Crippen LogP contribution in [0.25, 0.3) is 10.2 Å². The molecular formula is C18H20Cl3N3OS2. The molecule has 0 radical (unpaired) electrons. The molecule has 0 saturated heterocycles. The summed E-state index contributed by atoms with van der Waals surface area (Å²) < 4.78 is 2.01. The fourth-order valence-corrected chi connectivity index (χ4v) is 5.18. The number of likely N-dealkylation sites (N-methyl/N-ethyl adjacent to an activating group) is 1. The summed E-state index contributed by atoms with van der Waals surface area (Å²) in [5.41, 5.74) is 3.67. The van der Waals surface area contributed by atoms with Gasteiger partial charge in [0, 0.05) is 13.1 Å². The van der Waals surface area contributed by atoms with Gasteiger partial charge in [-0.15, -0.1) is 23.7 Å². The fourth-order valence-electron chi connectivity index (χ4n) is 2.70. The minimum atomic E-state index is -0.173. The van der Waals surface area contributed by atoms with Crippen molar-refractivity contribution < 1.29 is 4.79 Å². The van der Waals surface area contributed by atoms with E-state index in [1.54, 1.807) is 11.0 Å². The number of carbonyl (C=O) groups excluding carboxylic acids is 1. The van der Waals surface area contributed by atoms with Crippen LogP contribution in [0.1, 0.15) is 21.5 Å². The van der Waals surface area contributed by atoms with Gasteiger partial charge in [0.15, 0.2) is 5.13 Å². The zero-order valence-electron chi connectivity index (χ0n) is 15.4. The summed E-state index contributed by atoms with van der Waals surface area (Å²) in [6.07, 6.45) is 0. The standard InChI is InChI=1S/C18H19Cl2N3OS2.ClH/c1-10-7-11(2)15-13(8-10)21-18(26-15)23(6-5-22(3)4)17(24)12-9-14(19)25-16(12)20;/h7-9H,5-6H2,1-4H3;1H. The molecule has 9 heteroatoms. The molecule has 0 aliphatic rings. The predicted octanol–water partition coefficient (Wildman–Crippen LogP) is 5.91. The Hall–Kier alpha value is -0.890. The Kier molecular flexibility index (Phi) is 7.53. The van der Waals surface area contributed by atoms with E-state index in [0.717, 1.165) is 22.3 Å². The Morgan fingerprint density at radius 2 is 1.81 bits per heavy atom. The molecule has 0 saturated carbocycles. The van der Waals surface area contributed by atoms with Gasteiger partial charge in [0.2, 0.25) is 0 Å². The van der Waals surface area contributed by atoms with Crippen LogP contribution in [0.4, 0.5) is 5.13 Å². The number of benzene rings is 1.